The van der Waals surface area contributed by atoms with Crippen molar-refractivity contribution < 1.29 is 0 Å². The molecular weight excluding hydrogens is 104 g/mol. The molecule has 2 atom stereocenters. The molecule has 1 aliphatic rings. The lowest BCUT2D eigenvalue weighted by atomic mass is 10.1. The van der Waals surface area contributed by atoms with E-state index in [1.807, 2.05) is 0 Å². The van der Waals surface area contributed by atoms with Gasteiger partial charge in [-0.2, -0.15) is 11.8 Å². The lowest BCUT2D eigenvalue weighted by Gasteiger charge is -1.94. The van der Waals surface area contributed by atoms with E-state index in [0.717, 1.165) is 11.2 Å². The van der Waals surface area contributed by atoms with Gasteiger partial charge in [0, 0.05) is 5.25 Å². The van der Waals surface area contributed by atoms with Crippen LogP contribution < -0.4 is 0 Å². The summed E-state index contributed by atoms with van der Waals surface area (Å²) in [7, 11) is 0. The lowest BCUT2D eigenvalue weighted by molar-refractivity contribution is 0.626. The van der Waals surface area contributed by atoms with Gasteiger partial charge in [0.1, 0.15) is 0 Å². The standard InChI is InChI=1S/C6H12S/c1-5-3-6(2)7-4-5/h5-6H,3-4H2,1-2H3/t5-,6-/m0/s1. The number of rotatable bonds is 0. The molecule has 0 bridgehead atoms. The highest BCUT2D eigenvalue weighted by Gasteiger charge is 2.16. The summed E-state index contributed by atoms with van der Waals surface area (Å²) in [6.45, 7) is 4.64. The Balaban J connectivity index is 2.26. The van der Waals surface area contributed by atoms with Crippen molar-refractivity contribution in [2.45, 2.75) is 25.5 Å². The van der Waals surface area contributed by atoms with Crippen molar-refractivity contribution in [1.29, 1.82) is 0 Å². The molecule has 0 spiro atoms. The minimum atomic E-state index is 0.940. The van der Waals surface area contributed by atoms with E-state index in [9.17, 15) is 0 Å². The van der Waals surface area contributed by atoms with Gasteiger partial charge >= 0.3 is 0 Å². The summed E-state index contributed by atoms with van der Waals surface area (Å²) in [5.74, 6) is 2.38. The quantitative estimate of drug-likeness (QED) is 0.467. The third-order valence-corrected chi connectivity index (χ3v) is 2.92. The highest BCUT2D eigenvalue weighted by molar-refractivity contribution is 8.00. The molecule has 0 radical (unpaired) electrons. The Bertz CT molecular complexity index is 53.2. The van der Waals surface area contributed by atoms with Gasteiger partial charge in [0.2, 0.25) is 0 Å². The first kappa shape index (κ1) is 5.49. The Kier molecular flexibility index (Phi) is 1.63. The largest absolute Gasteiger partial charge is 0.159 e. The summed E-state index contributed by atoms with van der Waals surface area (Å²) in [6.07, 6.45) is 1.44. The summed E-state index contributed by atoms with van der Waals surface area (Å²) in [5, 5.41) is 0.940. The van der Waals surface area contributed by atoms with Crippen LogP contribution in [0.3, 0.4) is 0 Å². The van der Waals surface area contributed by atoms with E-state index in [1.165, 1.54) is 12.2 Å². The summed E-state index contributed by atoms with van der Waals surface area (Å²) < 4.78 is 0. The smallest absolute Gasteiger partial charge is 0.00216 e. The van der Waals surface area contributed by atoms with Gasteiger partial charge in [0.05, 0.1) is 0 Å². The fraction of sp³-hybridized carbons (Fsp3) is 1.00. The zero-order chi connectivity index (χ0) is 5.28. The van der Waals surface area contributed by atoms with E-state index in [2.05, 4.69) is 25.6 Å². The second kappa shape index (κ2) is 2.08. The molecule has 1 saturated heterocycles. The monoisotopic (exact) mass is 116 g/mol. The molecule has 0 aromatic rings. The molecule has 7 heavy (non-hydrogen) atoms. The molecule has 1 heteroatoms. The molecular formula is C6H12S. The maximum atomic E-state index is 2.33. The van der Waals surface area contributed by atoms with E-state index < -0.39 is 0 Å². The molecule has 1 rings (SSSR count). The van der Waals surface area contributed by atoms with Gasteiger partial charge in [0.15, 0.2) is 0 Å². The van der Waals surface area contributed by atoms with Crippen LogP contribution in [0, 0.1) is 5.92 Å². The van der Waals surface area contributed by atoms with Gasteiger partial charge in [-0.3, -0.25) is 0 Å². The minimum absolute atomic E-state index is 0.940. The topological polar surface area (TPSA) is 0 Å². The predicted octanol–water partition coefficient (Wildman–Crippen LogP) is 2.15. The van der Waals surface area contributed by atoms with Crippen LogP contribution in [0.25, 0.3) is 0 Å². The molecule has 42 valence electrons. The van der Waals surface area contributed by atoms with Crippen LogP contribution in [0.4, 0.5) is 0 Å². The van der Waals surface area contributed by atoms with Gasteiger partial charge in [-0.05, 0) is 18.1 Å². The fourth-order valence-corrected chi connectivity index (χ4v) is 2.29. The maximum Gasteiger partial charge on any atom is 0.00216 e. The summed E-state index contributed by atoms with van der Waals surface area (Å²) in [5.41, 5.74) is 0. The second-order valence-electron chi connectivity index (χ2n) is 2.48. The average molecular weight is 116 g/mol. The van der Waals surface area contributed by atoms with Gasteiger partial charge in [-0.1, -0.05) is 13.8 Å². The average Bonchev–Trinajstić information content (AvgIpc) is 1.87. The van der Waals surface area contributed by atoms with Crippen LogP contribution in [0.15, 0.2) is 0 Å². The Labute approximate surface area is 49.7 Å². The highest BCUT2D eigenvalue weighted by Crippen LogP contribution is 2.29. The normalized spacial score (nSPS) is 42.0. The van der Waals surface area contributed by atoms with Crippen molar-refractivity contribution in [3.63, 3.8) is 0 Å². The maximum absolute atomic E-state index is 2.33. The molecule has 0 nitrogen and oxygen atoms in total. The van der Waals surface area contributed by atoms with E-state index in [-0.39, 0.29) is 0 Å². The Morgan fingerprint density at radius 2 is 2.14 bits per heavy atom. The molecule has 0 amide bonds. The highest BCUT2D eigenvalue weighted by atomic mass is 32.2. The van der Waals surface area contributed by atoms with Crippen LogP contribution in [0.5, 0.6) is 0 Å². The van der Waals surface area contributed by atoms with Crippen LogP contribution in [0.1, 0.15) is 20.3 Å². The van der Waals surface area contributed by atoms with Gasteiger partial charge in [-0.25, -0.2) is 0 Å². The second-order valence-corrected chi connectivity index (χ2v) is 3.96. The zero-order valence-corrected chi connectivity index (χ0v) is 5.79. The SMILES string of the molecule is C[C@@H]1CS[C@@H](C)C1. The van der Waals surface area contributed by atoms with Crippen molar-refractivity contribution in [1.82, 2.24) is 0 Å². The van der Waals surface area contributed by atoms with Crippen molar-refractivity contribution >= 4 is 11.8 Å². The first-order valence-electron chi connectivity index (χ1n) is 2.90. The molecule has 0 unspecified atom stereocenters. The van der Waals surface area contributed by atoms with E-state index in [4.69, 9.17) is 0 Å². The first-order chi connectivity index (χ1) is 3.29. The number of hydrogen-bond donors (Lipinski definition) is 0. The molecule has 0 N–H and O–H groups in total. The van der Waals surface area contributed by atoms with Gasteiger partial charge < -0.3 is 0 Å². The third kappa shape index (κ3) is 1.37. The first-order valence-corrected chi connectivity index (χ1v) is 3.95. The Morgan fingerprint density at radius 1 is 1.43 bits per heavy atom. The van der Waals surface area contributed by atoms with Crippen LogP contribution in [-0.2, 0) is 0 Å². The van der Waals surface area contributed by atoms with Gasteiger partial charge in [0.25, 0.3) is 0 Å². The number of hydrogen-bond acceptors (Lipinski definition) is 1. The molecule has 1 aliphatic heterocycles. The predicted molar refractivity (Wildman–Crippen MR) is 35.7 cm³/mol. The molecule has 0 saturated carbocycles. The molecule has 1 fully saturated rings. The fourth-order valence-electron chi connectivity index (χ4n) is 1.03. The molecule has 1 heterocycles. The van der Waals surface area contributed by atoms with E-state index in [0.29, 0.717) is 0 Å². The Hall–Kier alpha value is 0.350. The Morgan fingerprint density at radius 3 is 2.29 bits per heavy atom. The molecule has 0 aromatic heterocycles. The number of thioether (sulfide) groups is 1. The van der Waals surface area contributed by atoms with Crippen molar-refractivity contribution in [3.05, 3.63) is 0 Å². The lowest BCUT2D eigenvalue weighted by Crippen LogP contribution is -1.90. The molecule has 0 aliphatic carbocycles. The van der Waals surface area contributed by atoms with Crippen LogP contribution in [-0.4, -0.2) is 11.0 Å². The summed E-state index contributed by atoms with van der Waals surface area (Å²) >= 11 is 2.11. The zero-order valence-electron chi connectivity index (χ0n) is 4.98. The van der Waals surface area contributed by atoms with E-state index in [1.54, 1.807) is 0 Å². The van der Waals surface area contributed by atoms with Crippen molar-refractivity contribution in [3.8, 4) is 0 Å². The van der Waals surface area contributed by atoms with Crippen LogP contribution >= 0.6 is 11.8 Å². The van der Waals surface area contributed by atoms with Gasteiger partial charge in [-0.15, -0.1) is 0 Å². The van der Waals surface area contributed by atoms with Crippen LogP contribution in [0.2, 0.25) is 0 Å². The van der Waals surface area contributed by atoms with E-state index >= 15 is 0 Å². The minimum Gasteiger partial charge on any atom is -0.159 e. The summed E-state index contributed by atoms with van der Waals surface area (Å²) in [6, 6.07) is 0. The molecule has 0 aromatic carbocycles. The van der Waals surface area contributed by atoms with Crippen molar-refractivity contribution in [2.75, 3.05) is 5.75 Å². The third-order valence-electron chi connectivity index (χ3n) is 1.40. The summed E-state index contributed by atoms with van der Waals surface area (Å²) in [4.78, 5) is 0. The van der Waals surface area contributed by atoms with Crippen molar-refractivity contribution in [2.24, 2.45) is 5.92 Å².